The number of ketones is 1. The van der Waals surface area contributed by atoms with Crippen molar-refractivity contribution in [1.29, 1.82) is 0 Å². The number of amides is 2. The maximum Gasteiger partial charge on any atom is 0.296 e. The first-order chi connectivity index (χ1) is 16.5. The van der Waals surface area contributed by atoms with Crippen LogP contribution in [0.4, 0.5) is 5.69 Å². The first-order valence-electron chi connectivity index (χ1n) is 10.7. The second kappa shape index (κ2) is 8.59. The summed E-state index contributed by atoms with van der Waals surface area (Å²) < 4.78 is 31.4. The summed E-state index contributed by atoms with van der Waals surface area (Å²) in [6, 6.07) is 12.1. The number of sulfonamides is 1. The van der Waals surface area contributed by atoms with Gasteiger partial charge in [-0.2, -0.15) is 0 Å². The number of nitrogens with zero attached hydrogens (tertiary/aromatic N) is 3. The van der Waals surface area contributed by atoms with Crippen LogP contribution in [-0.2, 0) is 34.7 Å². The number of methoxy groups -OCH3 is 1. The molecule has 184 valence electrons. The Morgan fingerprint density at radius 3 is 2.43 bits per heavy atom. The Labute approximate surface area is 203 Å². The molecule has 2 aliphatic heterocycles. The molecule has 2 aliphatic rings. The third-order valence-electron chi connectivity index (χ3n) is 6.34. The zero-order chi connectivity index (χ0) is 25.7. The Bertz CT molecular complexity index is 1380. The van der Waals surface area contributed by atoms with E-state index in [1.165, 1.54) is 57.4 Å². The predicted octanol–water partition coefficient (Wildman–Crippen LogP) is 1.14. The highest BCUT2D eigenvalue weighted by atomic mass is 32.2. The Balaban J connectivity index is 2.04. The third kappa shape index (κ3) is 3.38. The molecular weight excluding hydrogens is 474 g/mol. The van der Waals surface area contributed by atoms with Crippen LogP contribution in [0.2, 0.25) is 0 Å². The highest BCUT2D eigenvalue weighted by Gasteiger charge is 2.66. The molecule has 1 atom stereocenters. The van der Waals surface area contributed by atoms with Gasteiger partial charge in [0.05, 0.1) is 17.1 Å². The second-order valence-electron chi connectivity index (χ2n) is 8.41. The van der Waals surface area contributed by atoms with Gasteiger partial charge in [-0.15, -0.1) is 0 Å². The molecule has 0 aromatic heterocycles. The van der Waals surface area contributed by atoms with Crippen LogP contribution < -0.4 is 4.90 Å². The smallest absolute Gasteiger partial charge is 0.296 e. The number of likely N-dealkylation sites (N-methyl/N-ethyl adjacent to an activating group) is 1. The van der Waals surface area contributed by atoms with E-state index < -0.39 is 44.5 Å². The number of hydrogen-bond donors (Lipinski definition) is 1. The van der Waals surface area contributed by atoms with E-state index in [-0.39, 0.29) is 23.6 Å². The number of likely N-dealkylation sites (tertiary alicyclic amines) is 1. The highest BCUT2D eigenvalue weighted by Crippen LogP contribution is 2.53. The molecule has 1 spiro atoms. The number of anilines is 1. The van der Waals surface area contributed by atoms with Gasteiger partial charge in [0.2, 0.25) is 10.0 Å². The fourth-order valence-electron chi connectivity index (χ4n) is 4.61. The number of carbonyl (C=O) groups is 3. The number of Topliss-reactive ketones (excluding diaryl/α,β-unsaturated/α-hetero) is 1. The first-order valence-corrected chi connectivity index (χ1v) is 12.1. The van der Waals surface area contributed by atoms with Crippen molar-refractivity contribution in [1.82, 2.24) is 9.21 Å². The van der Waals surface area contributed by atoms with Crippen LogP contribution >= 0.6 is 0 Å². The standard InChI is InChI=1S/C24H25N3O7S/c1-25(2)35(32,33)16-9-7-8-15(14-16)20(28)19-21(29)22(30)27(12-13-34-4)24(19)17-10-5-6-11-18(17)26(3)23(24)31/h5-11,14,28H,12-13H2,1-4H3/b20-19+. The average molecular weight is 500 g/mol. The van der Waals surface area contributed by atoms with Crippen molar-refractivity contribution in [3.05, 3.63) is 65.2 Å². The van der Waals surface area contributed by atoms with Crippen molar-refractivity contribution in [3.63, 3.8) is 0 Å². The molecule has 2 aromatic rings. The number of benzene rings is 2. The predicted molar refractivity (Wildman–Crippen MR) is 127 cm³/mol. The molecular formula is C24H25N3O7S. The summed E-state index contributed by atoms with van der Waals surface area (Å²) in [5.41, 5.74) is -1.51. The Hall–Kier alpha value is -3.54. The van der Waals surface area contributed by atoms with Gasteiger partial charge in [-0.3, -0.25) is 14.4 Å². The Morgan fingerprint density at radius 2 is 1.77 bits per heavy atom. The van der Waals surface area contributed by atoms with Crippen LogP contribution in [0.25, 0.3) is 5.76 Å². The Morgan fingerprint density at radius 1 is 1.09 bits per heavy atom. The molecule has 0 radical (unpaired) electrons. The van der Waals surface area contributed by atoms with Crippen LogP contribution in [-0.4, -0.2) is 81.7 Å². The molecule has 2 aromatic carbocycles. The van der Waals surface area contributed by atoms with Crippen molar-refractivity contribution in [3.8, 4) is 0 Å². The van der Waals surface area contributed by atoms with Crippen LogP contribution in [0.1, 0.15) is 11.1 Å². The fraction of sp³-hybridized carbons (Fsp3) is 0.292. The van der Waals surface area contributed by atoms with Crippen LogP contribution in [0, 0.1) is 0 Å². The van der Waals surface area contributed by atoms with E-state index in [0.717, 1.165) is 9.21 Å². The number of ether oxygens (including phenoxy) is 1. The monoisotopic (exact) mass is 499 g/mol. The molecule has 4 rings (SSSR count). The molecule has 1 saturated heterocycles. The second-order valence-corrected chi connectivity index (χ2v) is 10.6. The van der Waals surface area contributed by atoms with E-state index in [9.17, 15) is 27.9 Å². The zero-order valence-electron chi connectivity index (χ0n) is 19.7. The minimum Gasteiger partial charge on any atom is -0.507 e. The first kappa shape index (κ1) is 24.6. The summed E-state index contributed by atoms with van der Waals surface area (Å²) in [5, 5.41) is 11.4. The van der Waals surface area contributed by atoms with Crippen LogP contribution in [0.5, 0.6) is 0 Å². The quantitative estimate of drug-likeness (QED) is 0.359. The summed E-state index contributed by atoms with van der Waals surface area (Å²) in [5.74, 6) is -3.23. The third-order valence-corrected chi connectivity index (χ3v) is 8.16. The summed E-state index contributed by atoms with van der Waals surface area (Å²) >= 11 is 0. The number of rotatable bonds is 6. The van der Waals surface area contributed by atoms with Gasteiger partial charge < -0.3 is 19.6 Å². The molecule has 0 bridgehead atoms. The van der Waals surface area contributed by atoms with Gasteiger partial charge in [0.1, 0.15) is 5.76 Å². The topological polar surface area (TPSA) is 125 Å². The molecule has 11 heteroatoms. The van der Waals surface area contributed by atoms with Gasteiger partial charge in [0.15, 0.2) is 5.54 Å². The van der Waals surface area contributed by atoms with Crippen molar-refractivity contribution in [2.75, 3.05) is 46.3 Å². The number of fused-ring (bicyclic) bond motifs is 2. The molecule has 2 heterocycles. The largest absolute Gasteiger partial charge is 0.507 e. The number of carbonyl (C=O) groups excluding carboxylic acids is 3. The summed E-state index contributed by atoms with van der Waals surface area (Å²) in [7, 11) is 1.83. The van der Waals surface area contributed by atoms with Gasteiger partial charge in [-0.1, -0.05) is 30.3 Å². The number of aliphatic hydroxyl groups is 1. The summed E-state index contributed by atoms with van der Waals surface area (Å²) in [4.78, 5) is 42.7. The van der Waals surface area contributed by atoms with Gasteiger partial charge >= 0.3 is 0 Å². The molecule has 0 saturated carbocycles. The Kier molecular flexibility index (Phi) is 6.04. The lowest BCUT2D eigenvalue weighted by atomic mass is 9.82. The molecule has 10 nitrogen and oxygen atoms in total. The van der Waals surface area contributed by atoms with E-state index in [4.69, 9.17) is 4.74 Å². The lowest BCUT2D eigenvalue weighted by Gasteiger charge is -2.34. The molecule has 2 amide bonds. The van der Waals surface area contributed by atoms with Gasteiger partial charge in [-0.25, -0.2) is 12.7 Å². The summed E-state index contributed by atoms with van der Waals surface area (Å²) in [6.45, 7) is -0.0364. The maximum absolute atomic E-state index is 13.8. The molecule has 35 heavy (non-hydrogen) atoms. The van der Waals surface area contributed by atoms with E-state index in [0.29, 0.717) is 11.3 Å². The van der Waals surface area contributed by atoms with Crippen LogP contribution in [0.15, 0.2) is 59.0 Å². The molecule has 0 aliphatic carbocycles. The van der Waals surface area contributed by atoms with Gasteiger partial charge in [0.25, 0.3) is 17.6 Å². The van der Waals surface area contributed by atoms with Crippen molar-refractivity contribution >= 4 is 39.1 Å². The van der Waals surface area contributed by atoms with Gasteiger partial charge in [-0.05, 0) is 18.2 Å². The van der Waals surface area contributed by atoms with E-state index in [1.54, 1.807) is 24.3 Å². The number of para-hydroxylation sites is 1. The minimum atomic E-state index is -3.85. The minimum absolute atomic E-state index is 0.0168. The lowest BCUT2D eigenvalue weighted by molar-refractivity contribution is -0.144. The fourth-order valence-corrected chi connectivity index (χ4v) is 5.56. The van der Waals surface area contributed by atoms with Crippen molar-refractivity contribution < 1.29 is 32.6 Å². The zero-order valence-corrected chi connectivity index (χ0v) is 20.5. The van der Waals surface area contributed by atoms with Crippen molar-refractivity contribution in [2.45, 2.75) is 10.4 Å². The normalized spacial score (nSPS) is 21.5. The van der Waals surface area contributed by atoms with Gasteiger partial charge in [0, 0.05) is 51.6 Å². The molecule has 1 unspecified atom stereocenters. The van der Waals surface area contributed by atoms with E-state index in [1.807, 2.05) is 0 Å². The number of aliphatic hydroxyl groups excluding tert-OH is 1. The molecule has 1 N–H and O–H groups in total. The average Bonchev–Trinajstić information content (AvgIpc) is 3.20. The van der Waals surface area contributed by atoms with E-state index >= 15 is 0 Å². The lowest BCUT2D eigenvalue weighted by Crippen LogP contribution is -2.52. The maximum atomic E-state index is 13.8. The van der Waals surface area contributed by atoms with Crippen molar-refractivity contribution in [2.24, 2.45) is 0 Å². The molecule has 1 fully saturated rings. The number of hydrogen-bond acceptors (Lipinski definition) is 7. The summed E-state index contributed by atoms with van der Waals surface area (Å²) in [6.07, 6.45) is 0. The highest BCUT2D eigenvalue weighted by molar-refractivity contribution is 7.89. The SMILES string of the molecule is COCCN1C(=O)C(=O)/C(=C(\O)c2cccc(S(=O)(=O)N(C)C)c2)C12C(=O)N(C)c1ccccc12. The van der Waals surface area contributed by atoms with Crippen LogP contribution in [0.3, 0.4) is 0 Å². The van der Waals surface area contributed by atoms with E-state index in [2.05, 4.69) is 0 Å².